The molecule has 2 aromatic carbocycles. The van der Waals surface area contributed by atoms with E-state index in [9.17, 15) is 15.0 Å². The van der Waals surface area contributed by atoms with E-state index in [1.807, 2.05) is 26.8 Å². The molecule has 0 spiro atoms. The van der Waals surface area contributed by atoms with E-state index in [2.05, 4.69) is 5.32 Å². The molecule has 118 valence electrons. The smallest absolute Gasteiger partial charge is 0.255 e. The zero-order valence-corrected chi connectivity index (χ0v) is 13.2. The van der Waals surface area contributed by atoms with Crippen molar-refractivity contribution in [2.24, 2.45) is 0 Å². The van der Waals surface area contributed by atoms with Crippen LogP contribution in [0.15, 0.2) is 36.4 Å². The van der Waals surface area contributed by atoms with Gasteiger partial charge in [0.2, 0.25) is 0 Å². The Bertz CT molecular complexity index is 782. The van der Waals surface area contributed by atoms with Crippen LogP contribution in [0.25, 0.3) is 0 Å². The van der Waals surface area contributed by atoms with E-state index in [0.29, 0.717) is 16.7 Å². The summed E-state index contributed by atoms with van der Waals surface area (Å²) in [5.74, 6) is -0.844. The van der Waals surface area contributed by atoms with Gasteiger partial charge in [0.25, 0.3) is 5.91 Å². The number of nitrogens with one attached hydrogen (secondary N) is 1. The number of amides is 1. The zero-order valence-electron chi connectivity index (χ0n) is 13.2. The molecule has 0 saturated carbocycles. The second-order valence-corrected chi connectivity index (χ2v) is 6.25. The van der Waals surface area contributed by atoms with Crippen molar-refractivity contribution in [1.29, 1.82) is 5.26 Å². The number of carbonyl (C=O) groups excluding carboxylic acids is 1. The van der Waals surface area contributed by atoms with E-state index in [1.165, 1.54) is 30.3 Å². The Balaban J connectivity index is 2.35. The molecular weight excluding hydrogens is 292 g/mol. The van der Waals surface area contributed by atoms with Crippen LogP contribution in [0.1, 0.15) is 42.3 Å². The van der Waals surface area contributed by atoms with Gasteiger partial charge in [-0.05, 0) is 35.7 Å². The molecular formula is C18H18N2O3. The summed E-state index contributed by atoms with van der Waals surface area (Å²) in [5.41, 5.74) is 1.02. The summed E-state index contributed by atoms with van der Waals surface area (Å²) in [4.78, 5) is 12.3. The van der Waals surface area contributed by atoms with Gasteiger partial charge in [0, 0.05) is 11.1 Å². The van der Waals surface area contributed by atoms with Crippen molar-refractivity contribution < 1.29 is 15.0 Å². The molecule has 2 rings (SSSR count). The van der Waals surface area contributed by atoms with E-state index < -0.39 is 5.91 Å². The lowest BCUT2D eigenvalue weighted by molar-refractivity contribution is 0.102. The first-order valence-electron chi connectivity index (χ1n) is 7.11. The van der Waals surface area contributed by atoms with Gasteiger partial charge in [-0.1, -0.05) is 26.8 Å². The molecule has 0 fully saturated rings. The van der Waals surface area contributed by atoms with Crippen molar-refractivity contribution in [3.63, 3.8) is 0 Å². The lowest BCUT2D eigenvalue weighted by Gasteiger charge is -2.22. The van der Waals surface area contributed by atoms with E-state index in [4.69, 9.17) is 5.26 Å². The standard InChI is InChI=1S/C18H18N2O3/c1-18(2,3)13-8-9-14(21)15(16(13)22)20-17(23)12-6-4-11(10-19)5-7-12/h4-9,21-22H,1-3H3,(H,20,23). The first kappa shape index (κ1) is 16.4. The van der Waals surface area contributed by atoms with Crippen LogP contribution >= 0.6 is 0 Å². The summed E-state index contributed by atoms with van der Waals surface area (Å²) >= 11 is 0. The maximum Gasteiger partial charge on any atom is 0.255 e. The van der Waals surface area contributed by atoms with Crippen LogP contribution in [-0.4, -0.2) is 16.1 Å². The van der Waals surface area contributed by atoms with Crippen molar-refractivity contribution in [1.82, 2.24) is 0 Å². The molecule has 0 atom stereocenters. The average molecular weight is 310 g/mol. The molecule has 0 saturated heterocycles. The summed E-state index contributed by atoms with van der Waals surface area (Å²) in [6.45, 7) is 5.77. The quantitative estimate of drug-likeness (QED) is 0.740. The molecule has 0 radical (unpaired) electrons. The van der Waals surface area contributed by atoms with E-state index in [1.54, 1.807) is 6.07 Å². The SMILES string of the molecule is CC(C)(C)c1ccc(O)c(NC(=O)c2ccc(C#N)cc2)c1O. The highest BCUT2D eigenvalue weighted by Crippen LogP contribution is 2.41. The number of benzene rings is 2. The highest BCUT2D eigenvalue weighted by molar-refractivity contribution is 6.06. The number of phenols is 2. The van der Waals surface area contributed by atoms with Gasteiger partial charge in [0.1, 0.15) is 17.2 Å². The highest BCUT2D eigenvalue weighted by Gasteiger charge is 2.23. The van der Waals surface area contributed by atoms with Crippen LogP contribution in [0.2, 0.25) is 0 Å². The minimum Gasteiger partial charge on any atom is -0.506 e. The van der Waals surface area contributed by atoms with Crippen LogP contribution in [0.4, 0.5) is 5.69 Å². The first-order valence-corrected chi connectivity index (χ1v) is 7.11. The molecule has 0 aromatic heterocycles. The van der Waals surface area contributed by atoms with Crippen LogP contribution < -0.4 is 5.32 Å². The van der Waals surface area contributed by atoms with Gasteiger partial charge in [-0.2, -0.15) is 5.26 Å². The maximum atomic E-state index is 12.3. The minimum atomic E-state index is -0.480. The van der Waals surface area contributed by atoms with Gasteiger partial charge in [-0.3, -0.25) is 4.79 Å². The number of phenolic OH excluding ortho intramolecular Hbond substituents is 2. The van der Waals surface area contributed by atoms with Gasteiger partial charge in [0.15, 0.2) is 0 Å². The van der Waals surface area contributed by atoms with Crippen LogP contribution in [0.3, 0.4) is 0 Å². The van der Waals surface area contributed by atoms with Gasteiger partial charge in [-0.25, -0.2) is 0 Å². The molecule has 0 aliphatic heterocycles. The predicted molar refractivity (Wildman–Crippen MR) is 87.6 cm³/mol. The Hall–Kier alpha value is -3.00. The second-order valence-electron chi connectivity index (χ2n) is 6.25. The lowest BCUT2D eigenvalue weighted by Crippen LogP contribution is -2.15. The maximum absolute atomic E-state index is 12.3. The van der Waals surface area contributed by atoms with Crippen molar-refractivity contribution in [2.45, 2.75) is 26.2 Å². The van der Waals surface area contributed by atoms with Crippen LogP contribution in [-0.2, 0) is 5.41 Å². The number of anilines is 1. The van der Waals surface area contributed by atoms with E-state index in [-0.39, 0.29) is 22.6 Å². The molecule has 2 aromatic rings. The highest BCUT2D eigenvalue weighted by atomic mass is 16.3. The number of hydrogen-bond acceptors (Lipinski definition) is 4. The van der Waals surface area contributed by atoms with Crippen LogP contribution in [0.5, 0.6) is 11.5 Å². The van der Waals surface area contributed by atoms with Crippen molar-refractivity contribution >= 4 is 11.6 Å². The fourth-order valence-electron chi connectivity index (χ4n) is 2.19. The molecule has 0 aliphatic rings. The molecule has 23 heavy (non-hydrogen) atoms. The zero-order chi connectivity index (χ0) is 17.2. The summed E-state index contributed by atoms with van der Waals surface area (Å²) in [7, 11) is 0. The third-order valence-electron chi connectivity index (χ3n) is 3.48. The van der Waals surface area contributed by atoms with Crippen molar-refractivity contribution in [3.05, 3.63) is 53.1 Å². The molecule has 0 bridgehead atoms. The lowest BCUT2D eigenvalue weighted by atomic mass is 9.86. The minimum absolute atomic E-state index is 0.0215. The Kier molecular flexibility index (Phi) is 4.28. The number of nitrogens with zero attached hydrogens (tertiary/aromatic N) is 1. The largest absolute Gasteiger partial charge is 0.506 e. The molecule has 5 nitrogen and oxygen atoms in total. The van der Waals surface area contributed by atoms with Crippen molar-refractivity contribution in [2.75, 3.05) is 5.32 Å². The molecule has 1 amide bonds. The van der Waals surface area contributed by atoms with Gasteiger partial charge in [-0.15, -0.1) is 0 Å². The Morgan fingerprint density at radius 1 is 1.09 bits per heavy atom. The summed E-state index contributed by atoms with van der Waals surface area (Å²) < 4.78 is 0. The summed E-state index contributed by atoms with van der Waals surface area (Å²) in [6.07, 6.45) is 0. The monoisotopic (exact) mass is 310 g/mol. The number of nitriles is 1. The number of carbonyl (C=O) groups is 1. The predicted octanol–water partition coefficient (Wildman–Crippen LogP) is 3.52. The molecule has 0 aliphatic carbocycles. The normalized spacial score (nSPS) is 10.9. The Morgan fingerprint density at radius 2 is 1.70 bits per heavy atom. The third-order valence-corrected chi connectivity index (χ3v) is 3.48. The summed E-state index contributed by atoms with van der Waals surface area (Å²) in [5, 5.41) is 31.6. The average Bonchev–Trinajstić information content (AvgIpc) is 2.50. The summed E-state index contributed by atoms with van der Waals surface area (Å²) in [6, 6.07) is 11.1. The fraction of sp³-hybridized carbons (Fsp3) is 0.222. The number of aromatic hydroxyl groups is 2. The molecule has 0 heterocycles. The Labute approximate surface area is 134 Å². The second kappa shape index (κ2) is 6.01. The number of rotatable bonds is 2. The molecule has 5 heteroatoms. The third kappa shape index (κ3) is 3.43. The van der Waals surface area contributed by atoms with Crippen LogP contribution in [0, 0.1) is 11.3 Å². The van der Waals surface area contributed by atoms with Gasteiger partial charge in [0.05, 0.1) is 11.6 Å². The fourth-order valence-corrected chi connectivity index (χ4v) is 2.19. The van der Waals surface area contributed by atoms with E-state index in [0.717, 1.165) is 0 Å². The topological polar surface area (TPSA) is 93.4 Å². The Morgan fingerprint density at radius 3 is 2.22 bits per heavy atom. The van der Waals surface area contributed by atoms with Crippen molar-refractivity contribution in [3.8, 4) is 17.6 Å². The van der Waals surface area contributed by atoms with E-state index >= 15 is 0 Å². The first-order chi connectivity index (χ1) is 10.7. The van der Waals surface area contributed by atoms with Gasteiger partial charge < -0.3 is 15.5 Å². The number of hydrogen-bond donors (Lipinski definition) is 3. The molecule has 3 N–H and O–H groups in total. The molecule has 0 unspecified atom stereocenters. The van der Waals surface area contributed by atoms with Gasteiger partial charge >= 0.3 is 0 Å².